The van der Waals surface area contributed by atoms with Crippen molar-refractivity contribution in [3.63, 3.8) is 0 Å². The fourth-order valence-corrected chi connectivity index (χ4v) is 11.5. The fourth-order valence-electron chi connectivity index (χ4n) is 11.5. The van der Waals surface area contributed by atoms with Crippen LogP contribution in [0, 0.1) is 0 Å². The van der Waals surface area contributed by atoms with Gasteiger partial charge in [-0.1, -0.05) is 157 Å². The van der Waals surface area contributed by atoms with Gasteiger partial charge in [0.25, 0.3) is 0 Å². The molecule has 0 bridgehead atoms. The Balaban J connectivity index is 1.25. The molecule has 0 saturated heterocycles. The standard InChI is InChI=1S/C57H48N2/c1-55(2)30-31-56(3,4)47-34-49-44(33-46(47)55)51-41-24-11-10-23-40(41)50-43-25-13-15-29-48(43)59(53(50)54(51)58(49)36-19-8-7-9-20-36)37-21-16-18-35(32-37)38-26-17-27-42-39-22-12-14-28-45(39)57(5,6)52(38)42/h7-29,32-34H,30-31H2,1-6H3. The Kier molecular flexibility index (Phi) is 6.96. The SMILES string of the molecule is CC1(C)CCC(C)(C)c2cc3c(cc21)c1c2ccccc2c2c4ccccc4n(-c4cccc(-c5cccc6c5C(C)(C)c5ccccc5-6)c4)c2c1n3-c1ccccc1. The van der Waals surface area contributed by atoms with Crippen molar-refractivity contribution in [3.05, 3.63) is 180 Å². The second kappa shape index (κ2) is 11.9. The van der Waals surface area contributed by atoms with E-state index in [1.54, 1.807) is 0 Å². The quantitative estimate of drug-likeness (QED) is 0.170. The molecule has 0 unspecified atom stereocenters. The number of aromatic nitrogens is 2. The summed E-state index contributed by atoms with van der Waals surface area (Å²) in [5.74, 6) is 0. The van der Waals surface area contributed by atoms with Crippen LogP contribution in [-0.4, -0.2) is 9.13 Å². The van der Waals surface area contributed by atoms with Crippen molar-refractivity contribution in [2.24, 2.45) is 0 Å². The molecule has 2 heteroatoms. The summed E-state index contributed by atoms with van der Waals surface area (Å²) in [6.07, 6.45) is 2.36. The first kappa shape index (κ1) is 34.6. The zero-order valence-electron chi connectivity index (χ0n) is 34.8. The zero-order valence-corrected chi connectivity index (χ0v) is 34.8. The molecule has 0 amide bonds. The predicted octanol–water partition coefficient (Wildman–Crippen LogP) is 15.4. The van der Waals surface area contributed by atoms with Gasteiger partial charge in [0.2, 0.25) is 0 Å². The number of hydrogen-bond acceptors (Lipinski definition) is 0. The van der Waals surface area contributed by atoms with Crippen LogP contribution in [-0.2, 0) is 16.2 Å². The second-order valence-electron chi connectivity index (χ2n) is 19.1. The molecule has 286 valence electrons. The molecule has 0 spiro atoms. The molecule has 2 aliphatic rings. The maximum absolute atomic E-state index is 2.60. The Labute approximate surface area is 346 Å². The summed E-state index contributed by atoms with van der Waals surface area (Å²) in [6, 6.07) is 59.7. The molecule has 0 N–H and O–H groups in total. The average Bonchev–Trinajstić information content (AvgIpc) is 3.86. The van der Waals surface area contributed by atoms with Gasteiger partial charge >= 0.3 is 0 Å². The van der Waals surface area contributed by atoms with Crippen LogP contribution in [0.4, 0.5) is 0 Å². The minimum Gasteiger partial charge on any atom is -0.307 e. The molecule has 0 radical (unpaired) electrons. The number of para-hydroxylation sites is 2. The van der Waals surface area contributed by atoms with E-state index in [2.05, 4.69) is 208 Å². The van der Waals surface area contributed by atoms with Crippen molar-refractivity contribution in [2.75, 3.05) is 0 Å². The molecule has 59 heavy (non-hydrogen) atoms. The number of nitrogens with zero attached hydrogens (tertiary/aromatic N) is 2. The molecular weight excluding hydrogens is 713 g/mol. The fraction of sp³-hybridized carbons (Fsp3) is 0.193. The second-order valence-corrected chi connectivity index (χ2v) is 19.1. The number of benzene rings is 8. The maximum atomic E-state index is 2.60. The largest absolute Gasteiger partial charge is 0.307 e. The van der Waals surface area contributed by atoms with E-state index in [0.717, 1.165) is 0 Å². The lowest BCUT2D eigenvalue weighted by Crippen LogP contribution is -2.33. The Bertz CT molecular complexity index is 3400. The van der Waals surface area contributed by atoms with Crippen LogP contribution in [0.3, 0.4) is 0 Å². The highest BCUT2D eigenvalue weighted by Crippen LogP contribution is 2.54. The van der Waals surface area contributed by atoms with E-state index in [0.29, 0.717) is 0 Å². The smallest absolute Gasteiger partial charge is 0.0795 e. The summed E-state index contributed by atoms with van der Waals surface area (Å²) in [4.78, 5) is 0. The van der Waals surface area contributed by atoms with E-state index >= 15 is 0 Å². The molecule has 0 saturated carbocycles. The van der Waals surface area contributed by atoms with Gasteiger partial charge in [-0.3, -0.25) is 0 Å². The predicted molar refractivity (Wildman–Crippen MR) is 251 cm³/mol. The Morgan fingerprint density at radius 1 is 0.390 bits per heavy atom. The Morgan fingerprint density at radius 3 is 1.68 bits per heavy atom. The third-order valence-electron chi connectivity index (χ3n) is 14.5. The van der Waals surface area contributed by atoms with Crippen molar-refractivity contribution in [2.45, 2.75) is 70.6 Å². The Hall–Kier alpha value is -6.38. The number of rotatable bonds is 3. The van der Waals surface area contributed by atoms with Crippen LogP contribution in [0.5, 0.6) is 0 Å². The van der Waals surface area contributed by atoms with Gasteiger partial charge in [0, 0.05) is 38.3 Å². The molecule has 2 aromatic heterocycles. The van der Waals surface area contributed by atoms with Gasteiger partial charge in [-0.05, 0) is 121 Å². The van der Waals surface area contributed by atoms with Crippen LogP contribution in [0.2, 0.25) is 0 Å². The van der Waals surface area contributed by atoms with E-state index < -0.39 is 0 Å². The van der Waals surface area contributed by atoms with Gasteiger partial charge in [0.05, 0.1) is 22.1 Å². The van der Waals surface area contributed by atoms with Crippen LogP contribution in [0.1, 0.15) is 76.6 Å². The van der Waals surface area contributed by atoms with Crippen LogP contribution >= 0.6 is 0 Å². The lowest BCUT2D eigenvalue weighted by atomic mass is 9.63. The highest BCUT2D eigenvalue weighted by molar-refractivity contribution is 6.36. The third kappa shape index (κ3) is 4.63. The van der Waals surface area contributed by atoms with Crippen LogP contribution in [0.25, 0.3) is 88.0 Å². The summed E-state index contributed by atoms with van der Waals surface area (Å²) in [6.45, 7) is 14.6. The van der Waals surface area contributed by atoms with E-state index in [1.807, 2.05) is 0 Å². The molecule has 10 aromatic rings. The summed E-state index contributed by atoms with van der Waals surface area (Å²) < 4.78 is 5.18. The monoisotopic (exact) mass is 760 g/mol. The van der Waals surface area contributed by atoms with E-state index in [9.17, 15) is 0 Å². The molecule has 0 fully saturated rings. The first-order valence-corrected chi connectivity index (χ1v) is 21.4. The van der Waals surface area contributed by atoms with Gasteiger partial charge in [0.1, 0.15) is 0 Å². The van der Waals surface area contributed by atoms with E-state index in [4.69, 9.17) is 0 Å². The number of fused-ring (bicyclic) bond motifs is 14. The van der Waals surface area contributed by atoms with Gasteiger partial charge in [0.15, 0.2) is 0 Å². The summed E-state index contributed by atoms with van der Waals surface area (Å²) in [5, 5.41) is 7.84. The highest BCUT2D eigenvalue weighted by Gasteiger charge is 2.39. The third-order valence-corrected chi connectivity index (χ3v) is 14.5. The summed E-state index contributed by atoms with van der Waals surface area (Å²) >= 11 is 0. The molecule has 12 rings (SSSR count). The van der Waals surface area contributed by atoms with Gasteiger partial charge in [-0.15, -0.1) is 0 Å². The molecule has 2 aliphatic carbocycles. The van der Waals surface area contributed by atoms with Crippen molar-refractivity contribution in [3.8, 4) is 33.6 Å². The summed E-state index contributed by atoms with van der Waals surface area (Å²) in [5.41, 5.74) is 18.4. The first-order valence-electron chi connectivity index (χ1n) is 21.4. The lowest BCUT2D eigenvalue weighted by molar-refractivity contribution is 0.332. The van der Waals surface area contributed by atoms with Crippen molar-refractivity contribution in [1.29, 1.82) is 0 Å². The normalized spacial score (nSPS) is 16.2. The molecule has 8 aromatic carbocycles. The molecule has 0 aliphatic heterocycles. The first-order chi connectivity index (χ1) is 28.5. The average molecular weight is 761 g/mol. The Morgan fingerprint density at radius 2 is 0.932 bits per heavy atom. The van der Waals surface area contributed by atoms with Crippen LogP contribution < -0.4 is 0 Å². The highest BCUT2D eigenvalue weighted by atomic mass is 15.0. The lowest BCUT2D eigenvalue weighted by Gasteiger charge is -2.42. The minimum absolute atomic E-state index is 0.0806. The number of hydrogen-bond donors (Lipinski definition) is 0. The zero-order chi connectivity index (χ0) is 40.0. The van der Waals surface area contributed by atoms with Crippen LogP contribution in [0.15, 0.2) is 158 Å². The molecule has 2 nitrogen and oxygen atoms in total. The maximum Gasteiger partial charge on any atom is 0.0795 e. The van der Waals surface area contributed by atoms with Gasteiger partial charge in [-0.2, -0.15) is 0 Å². The van der Waals surface area contributed by atoms with Gasteiger partial charge in [-0.25, -0.2) is 0 Å². The molecule has 0 atom stereocenters. The van der Waals surface area contributed by atoms with E-state index in [1.165, 1.54) is 123 Å². The van der Waals surface area contributed by atoms with Gasteiger partial charge < -0.3 is 9.13 Å². The topological polar surface area (TPSA) is 9.86 Å². The van der Waals surface area contributed by atoms with Crippen molar-refractivity contribution in [1.82, 2.24) is 9.13 Å². The molecular formula is C57H48N2. The van der Waals surface area contributed by atoms with Crippen molar-refractivity contribution < 1.29 is 0 Å². The molecule has 2 heterocycles. The van der Waals surface area contributed by atoms with Crippen molar-refractivity contribution >= 4 is 54.4 Å². The summed E-state index contributed by atoms with van der Waals surface area (Å²) in [7, 11) is 0. The minimum atomic E-state index is -0.116. The van der Waals surface area contributed by atoms with E-state index in [-0.39, 0.29) is 16.2 Å².